The number of rotatable bonds is 6. The molecule has 0 aliphatic carbocycles. The van der Waals surface area contributed by atoms with Gasteiger partial charge in [-0.2, -0.15) is 0 Å². The summed E-state index contributed by atoms with van der Waals surface area (Å²) in [5, 5.41) is 2.68. The maximum absolute atomic E-state index is 11.8. The molecular weight excluding hydrogens is 437 g/mol. The molecule has 2 rings (SSSR count). The zero-order valence-electron chi connectivity index (χ0n) is 13.0. The van der Waals surface area contributed by atoms with Crippen LogP contribution >= 0.6 is 34.4 Å². The van der Waals surface area contributed by atoms with Crippen molar-refractivity contribution < 1.29 is 14.3 Å². The van der Waals surface area contributed by atoms with Crippen LogP contribution < -0.4 is 5.32 Å². The van der Waals surface area contributed by atoms with Gasteiger partial charge in [-0.3, -0.25) is 4.79 Å². The highest BCUT2D eigenvalue weighted by molar-refractivity contribution is 14.1. The van der Waals surface area contributed by atoms with Crippen LogP contribution in [0.3, 0.4) is 0 Å². The smallest absolute Gasteiger partial charge is 0.331 e. The molecule has 0 heterocycles. The molecule has 2 aromatic carbocycles. The number of thioether (sulfide) groups is 1. The number of ether oxygens (including phenoxy) is 1. The van der Waals surface area contributed by atoms with Crippen LogP contribution in [0.15, 0.2) is 59.5 Å². The minimum atomic E-state index is -0.554. The Morgan fingerprint density at radius 3 is 2.62 bits per heavy atom. The molecule has 6 heteroatoms. The molecule has 24 heavy (non-hydrogen) atoms. The number of halogens is 1. The van der Waals surface area contributed by atoms with E-state index in [0.717, 1.165) is 14.0 Å². The molecule has 4 nitrogen and oxygen atoms in total. The van der Waals surface area contributed by atoms with Gasteiger partial charge in [-0.05, 0) is 70.8 Å². The van der Waals surface area contributed by atoms with Gasteiger partial charge in [-0.1, -0.05) is 18.2 Å². The number of amides is 1. The van der Waals surface area contributed by atoms with Gasteiger partial charge in [0.25, 0.3) is 5.91 Å². The van der Waals surface area contributed by atoms with Crippen molar-refractivity contribution in [2.24, 2.45) is 0 Å². The van der Waals surface area contributed by atoms with Crippen LogP contribution in [0.4, 0.5) is 5.69 Å². The minimum absolute atomic E-state index is 0.319. The van der Waals surface area contributed by atoms with Crippen molar-refractivity contribution in [3.05, 3.63) is 63.7 Å². The van der Waals surface area contributed by atoms with E-state index in [1.165, 1.54) is 6.08 Å². The second-order valence-corrected chi connectivity index (χ2v) is 6.90. The number of carbonyl (C=O) groups is 2. The van der Waals surface area contributed by atoms with Crippen LogP contribution in [-0.2, 0) is 14.3 Å². The largest absolute Gasteiger partial charge is 0.452 e. The molecule has 0 saturated heterocycles. The molecule has 0 aromatic heterocycles. The van der Waals surface area contributed by atoms with Crippen LogP contribution in [0.1, 0.15) is 5.56 Å². The first-order valence-corrected chi connectivity index (χ1v) is 9.41. The molecule has 0 unspecified atom stereocenters. The first-order valence-electron chi connectivity index (χ1n) is 7.11. The maximum Gasteiger partial charge on any atom is 0.331 e. The lowest BCUT2D eigenvalue weighted by molar-refractivity contribution is -0.142. The van der Waals surface area contributed by atoms with Crippen molar-refractivity contribution in [2.45, 2.75) is 4.90 Å². The van der Waals surface area contributed by atoms with Gasteiger partial charge in [0.05, 0.1) is 0 Å². The lowest BCUT2D eigenvalue weighted by atomic mass is 10.2. The van der Waals surface area contributed by atoms with Crippen LogP contribution in [0.25, 0.3) is 6.08 Å². The summed E-state index contributed by atoms with van der Waals surface area (Å²) in [4.78, 5) is 24.6. The molecule has 124 valence electrons. The number of benzene rings is 2. The van der Waals surface area contributed by atoms with E-state index in [1.54, 1.807) is 23.9 Å². The summed E-state index contributed by atoms with van der Waals surface area (Å²) in [5.74, 6) is -0.926. The third-order valence-corrected chi connectivity index (χ3v) is 4.40. The van der Waals surface area contributed by atoms with E-state index in [9.17, 15) is 9.59 Å². The molecule has 0 aliphatic heterocycles. The Morgan fingerprint density at radius 2 is 1.96 bits per heavy atom. The SMILES string of the molecule is CSc1ccc(/C=C/C(=O)OCC(=O)Nc2cccc(I)c2)cc1. The van der Waals surface area contributed by atoms with Crippen LogP contribution in [0.2, 0.25) is 0 Å². The Morgan fingerprint density at radius 1 is 1.21 bits per heavy atom. The van der Waals surface area contributed by atoms with Gasteiger partial charge < -0.3 is 10.1 Å². The molecule has 0 spiro atoms. The van der Waals surface area contributed by atoms with Gasteiger partial charge in [-0.25, -0.2) is 4.79 Å². The summed E-state index contributed by atoms with van der Waals surface area (Å²) in [6.07, 6.45) is 4.97. The van der Waals surface area contributed by atoms with Gasteiger partial charge in [0, 0.05) is 20.2 Å². The van der Waals surface area contributed by atoms with E-state index < -0.39 is 5.97 Å². The van der Waals surface area contributed by atoms with Gasteiger partial charge in [0.1, 0.15) is 0 Å². The molecule has 0 radical (unpaired) electrons. The fourth-order valence-corrected chi connectivity index (χ4v) is 2.78. The zero-order chi connectivity index (χ0) is 17.4. The monoisotopic (exact) mass is 453 g/mol. The summed E-state index contributed by atoms with van der Waals surface area (Å²) in [6, 6.07) is 15.2. The van der Waals surface area contributed by atoms with Crippen LogP contribution in [-0.4, -0.2) is 24.7 Å². The predicted octanol–water partition coefficient (Wildman–Crippen LogP) is 4.21. The highest BCUT2D eigenvalue weighted by Gasteiger charge is 2.06. The molecule has 1 N–H and O–H groups in total. The Balaban J connectivity index is 1.79. The molecule has 0 atom stereocenters. The number of hydrogen-bond acceptors (Lipinski definition) is 4. The molecular formula is C18H16INO3S. The Bertz CT molecular complexity index is 744. The average molecular weight is 453 g/mol. The normalized spacial score (nSPS) is 10.6. The van der Waals surface area contributed by atoms with Crippen molar-refractivity contribution in [3.8, 4) is 0 Å². The van der Waals surface area contributed by atoms with E-state index in [1.807, 2.05) is 48.7 Å². The number of hydrogen-bond donors (Lipinski definition) is 1. The first-order chi connectivity index (χ1) is 11.6. The van der Waals surface area contributed by atoms with Gasteiger partial charge in [0.2, 0.25) is 0 Å². The molecule has 2 aromatic rings. The number of anilines is 1. The minimum Gasteiger partial charge on any atom is -0.452 e. The third-order valence-electron chi connectivity index (χ3n) is 2.98. The average Bonchev–Trinajstić information content (AvgIpc) is 2.58. The first kappa shape index (κ1) is 18.5. The van der Waals surface area contributed by atoms with Crippen molar-refractivity contribution in [3.63, 3.8) is 0 Å². The Labute approximate surface area is 158 Å². The fraction of sp³-hybridized carbons (Fsp3) is 0.111. The number of esters is 1. The van der Waals surface area contributed by atoms with Gasteiger partial charge >= 0.3 is 5.97 Å². The summed E-state index contributed by atoms with van der Waals surface area (Å²) in [7, 11) is 0. The highest BCUT2D eigenvalue weighted by Crippen LogP contribution is 2.15. The quantitative estimate of drug-likeness (QED) is 0.308. The number of nitrogens with one attached hydrogen (secondary N) is 1. The molecule has 0 bridgehead atoms. The summed E-state index contributed by atoms with van der Waals surface area (Å²) in [6.45, 7) is -0.319. The zero-order valence-corrected chi connectivity index (χ0v) is 16.0. The predicted molar refractivity (Wildman–Crippen MR) is 106 cm³/mol. The van der Waals surface area contributed by atoms with Gasteiger partial charge in [0.15, 0.2) is 6.61 Å². The highest BCUT2D eigenvalue weighted by atomic mass is 127. The van der Waals surface area contributed by atoms with E-state index in [2.05, 4.69) is 27.9 Å². The van der Waals surface area contributed by atoms with Gasteiger partial charge in [-0.15, -0.1) is 11.8 Å². The van der Waals surface area contributed by atoms with Crippen molar-refractivity contribution >= 4 is 58.0 Å². The van der Waals surface area contributed by atoms with E-state index >= 15 is 0 Å². The van der Waals surface area contributed by atoms with E-state index in [0.29, 0.717) is 5.69 Å². The fourth-order valence-electron chi connectivity index (χ4n) is 1.83. The molecule has 0 saturated carbocycles. The summed E-state index contributed by atoms with van der Waals surface area (Å²) >= 11 is 3.81. The Kier molecular flexibility index (Phi) is 7.33. The van der Waals surface area contributed by atoms with Crippen LogP contribution in [0, 0.1) is 3.57 Å². The second kappa shape index (κ2) is 9.48. The lowest BCUT2D eigenvalue weighted by Gasteiger charge is -2.05. The van der Waals surface area contributed by atoms with E-state index in [-0.39, 0.29) is 12.5 Å². The topological polar surface area (TPSA) is 55.4 Å². The molecule has 0 aliphatic rings. The molecule has 1 amide bonds. The van der Waals surface area contributed by atoms with Crippen molar-refractivity contribution in [1.29, 1.82) is 0 Å². The second-order valence-electron chi connectivity index (χ2n) is 4.77. The van der Waals surface area contributed by atoms with Crippen molar-refractivity contribution in [1.82, 2.24) is 0 Å². The van der Waals surface area contributed by atoms with Crippen LogP contribution in [0.5, 0.6) is 0 Å². The number of carbonyl (C=O) groups excluding carboxylic acids is 2. The lowest BCUT2D eigenvalue weighted by Crippen LogP contribution is -2.20. The van der Waals surface area contributed by atoms with Crippen molar-refractivity contribution in [2.75, 3.05) is 18.2 Å². The summed E-state index contributed by atoms with van der Waals surface area (Å²) in [5.41, 5.74) is 1.57. The Hall–Kier alpha value is -1.80. The maximum atomic E-state index is 11.8. The summed E-state index contributed by atoms with van der Waals surface area (Å²) < 4.78 is 5.94. The van der Waals surface area contributed by atoms with E-state index in [4.69, 9.17) is 4.74 Å². The third kappa shape index (κ3) is 6.37. The molecule has 0 fully saturated rings. The standard InChI is InChI=1S/C18H16INO3S/c1-24-16-8-5-13(6-9-16)7-10-18(22)23-12-17(21)20-15-4-2-3-14(19)11-15/h2-11H,12H2,1H3,(H,20,21)/b10-7+.